The van der Waals surface area contributed by atoms with E-state index in [0.717, 1.165) is 18.7 Å². The van der Waals surface area contributed by atoms with Crippen molar-refractivity contribution in [1.82, 2.24) is 15.1 Å². The fraction of sp³-hybridized carbons (Fsp3) is 0.824. The van der Waals surface area contributed by atoms with Crippen molar-refractivity contribution in [3.63, 3.8) is 0 Å². The zero-order chi connectivity index (χ0) is 15.5. The first-order valence-electron chi connectivity index (χ1n) is 8.32. The van der Waals surface area contributed by atoms with Gasteiger partial charge in [0.1, 0.15) is 0 Å². The van der Waals surface area contributed by atoms with E-state index in [1.54, 1.807) is 7.11 Å². The standard InChI is InChI=1S/C17H31N3O/c1-6-11-20-16(14(21-5)12-19-20)15(18-4)13-9-7-8-10-17(13,2)3/h12-13,15,18H,6-11H2,1-5H3. The molecule has 21 heavy (non-hydrogen) atoms. The highest BCUT2D eigenvalue weighted by molar-refractivity contribution is 5.29. The second kappa shape index (κ2) is 6.82. The highest BCUT2D eigenvalue weighted by Crippen LogP contribution is 2.48. The van der Waals surface area contributed by atoms with Gasteiger partial charge in [-0.1, -0.05) is 33.6 Å². The summed E-state index contributed by atoms with van der Waals surface area (Å²) in [5, 5.41) is 8.10. The third-order valence-corrected chi connectivity index (χ3v) is 5.10. The third-order valence-electron chi connectivity index (χ3n) is 5.10. The molecule has 1 aliphatic carbocycles. The number of rotatable bonds is 6. The van der Waals surface area contributed by atoms with Crippen molar-refractivity contribution in [2.24, 2.45) is 11.3 Å². The number of ether oxygens (including phenoxy) is 1. The first-order chi connectivity index (χ1) is 10.0. The number of methoxy groups -OCH3 is 1. The van der Waals surface area contributed by atoms with E-state index < -0.39 is 0 Å². The molecule has 0 bridgehead atoms. The molecule has 1 heterocycles. The molecule has 0 amide bonds. The maximum atomic E-state index is 5.59. The van der Waals surface area contributed by atoms with E-state index in [4.69, 9.17) is 4.74 Å². The van der Waals surface area contributed by atoms with E-state index in [2.05, 4.69) is 42.9 Å². The molecule has 1 saturated carbocycles. The lowest BCUT2D eigenvalue weighted by Crippen LogP contribution is -2.39. The first-order valence-corrected chi connectivity index (χ1v) is 8.32. The molecule has 2 rings (SSSR count). The Labute approximate surface area is 129 Å². The molecule has 120 valence electrons. The Morgan fingerprint density at radius 3 is 2.81 bits per heavy atom. The predicted octanol–water partition coefficient (Wildman–Crippen LogP) is 3.78. The van der Waals surface area contributed by atoms with E-state index in [1.807, 2.05) is 6.20 Å². The maximum absolute atomic E-state index is 5.59. The van der Waals surface area contributed by atoms with Crippen molar-refractivity contribution in [2.75, 3.05) is 14.2 Å². The lowest BCUT2D eigenvalue weighted by atomic mass is 9.65. The van der Waals surface area contributed by atoms with Gasteiger partial charge in [0.25, 0.3) is 0 Å². The molecule has 2 atom stereocenters. The predicted molar refractivity (Wildman–Crippen MR) is 86.6 cm³/mol. The van der Waals surface area contributed by atoms with Crippen LogP contribution in [0.25, 0.3) is 0 Å². The van der Waals surface area contributed by atoms with Gasteiger partial charge in [-0.3, -0.25) is 4.68 Å². The summed E-state index contributed by atoms with van der Waals surface area (Å²) in [6.07, 6.45) is 8.22. The van der Waals surface area contributed by atoms with E-state index in [9.17, 15) is 0 Å². The quantitative estimate of drug-likeness (QED) is 0.867. The van der Waals surface area contributed by atoms with E-state index in [0.29, 0.717) is 17.4 Å². The van der Waals surface area contributed by atoms with Crippen molar-refractivity contribution in [3.05, 3.63) is 11.9 Å². The van der Waals surface area contributed by atoms with Crippen LogP contribution in [0.1, 0.15) is 64.6 Å². The molecule has 1 aromatic rings. The van der Waals surface area contributed by atoms with Crippen molar-refractivity contribution in [1.29, 1.82) is 0 Å². The molecule has 0 spiro atoms. The van der Waals surface area contributed by atoms with Crippen LogP contribution in [0, 0.1) is 11.3 Å². The van der Waals surface area contributed by atoms with E-state index in [1.165, 1.54) is 31.4 Å². The number of aromatic nitrogens is 2. The van der Waals surface area contributed by atoms with Crippen LogP contribution in [0.2, 0.25) is 0 Å². The summed E-state index contributed by atoms with van der Waals surface area (Å²) < 4.78 is 7.72. The SMILES string of the molecule is CCCn1ncc(OC)c1C(NC)C1CCCCC1(C)C. The van der Waals surface area contributed by atoms with Gasteiger partial charge >= 0.3 is 0 Å². The normalized spacial score (nSPS) is 23.0. The van der Waals surface area contributed by atoms with Crippen molar-refractivity contribution >= 4 is 0 Å². The minimum atomic E-state index is 0.310. The molecule has 0 radical (unpaired) electrons. The number of nitrogens with zero attached hydrogens (tertiary/aromatic N) is 2. The van der Waals surface area contributed by atoms with E-state index >= 15 is 0 Å². The van der Waals surface area contributed by atoms with Crippen molar-refractivity contribution < 1.29 is 4.74 Å². The summed E-state index contributed by atoms with van der Waals surface area (Å²) in [7, 11) is 3.81. The summed E-state index contributed by atoms with van der Waals surface area (Å²) >= 11 is 0. The molecule has 4 nitrogen and oxygen atoms in total. The number of aryl methyl sites for hydroxylation is 1. The summed E-state index contributed by atoms with van der Waals surface area (Å²) in [6.45, 7) is 7.96. The van der Waals surface area contributed by atoms with Gasteiger partial charge in [0.15, 0.2) is 5.75 Å². The number of nitrogens with one attached hydrogen (secondary N) is 1. The highest BCUT2D eigenvalue weighted by Gasteiger charge is 2.40. The van der Waals surface area contributed by atoms with Gasteiger partial charge < -0.3 is 10.1 Å². The van der Waals surface area contributed by atoms with Crippen LogP contribution in [0.15, 0.2) is 6.20 Å². The summed E-state index contributed by atoms with van der Waals surface area (Å²) in [4.78, 5) is 0. The van der Waals surface area contributed by atoms with Gasteiger partial charge in [0.05, 0.1) is 25.0 Å². The molecular formula is C17H31N3O. The van der Waals surface area contributed by atoms with Gasteiger partial charge in [0.2, 0.25) is 0 Å². The second-order valence-electron chi connectivity index (χ2n) is 6.93. The molecule has 4 heteroatoms. The molecule has 1 fully saturated rings. The largest absolute Gasteiger partial charge is 0.493 e. The maximum Gasteiger partial charge on any atom is 0.161 e. The van der Waals surface area contributed by atoms with Crippen LogP contribution in [0.5, 0.6) is 5.75 Å². The summed E-state index contributed by atoms with van der Waals surface area (Å²) in [5.74, 6) is 1.54. The Kier molecular flexibility index (Phi) is 5.31. The Bertz CT molecular complexity index is 453. The molecule has 0 saturated heterocycles. The topological polar surface area (TPSA) is 39.1 Å². The molecule has 0 aromatic carbocycles. The van der Waals surface area contributed by atoms with Gasteiger partial charge in [-0.2, -0.15) is 5.10 Å². The van der Waals surface area contributed by atoms with Gasteiger partial charge in [-0.25, -0.2) is 0 Å². The number of hydrogen-bond donors (Lipinski definition) is 1. The summed E-state index contributed by atoms with van der Waals surface area (Å²) in [5.41, 5.74) is 1.58. The van der Waals surface area contributed by atoms with Crippen molar-refractivity contribution in [3.8, 4) is 5.75 Å². The van der Waals surface area contributed by atoms with Crippen LogP contribution in [-0.2, 0) is 6.54 Å². The zero-order valence-corrected chi connectivity index (χ0v) is 14.3. The molecule has 1 N–H and O–H groups in total. The fourth-order valence-electron chi connectivity index (χ4n) is 3.91. The van der Waals surface area contributed by atoms with Gasteiger partial charge in [-0.15, -0.1) is 0 Å². The van der Waals surface area contributed by atoms with Crippen LogP contribution in [0.3, 0.4) is 0 Å². The third kappa shape index (κ3) is 3.25. The first kappa shape index (κ1) is 16.3. The highest BCUT2D eigenvalue weighted by atomic mass is 16.5. The number of hydrogen-bond acceptors (Lipinski definition) is 3. The van der Waals surface area contributed by atoms with Crippen molar-refractivity contribution in [2.45, 2.75) is 65.5 Å². The monoisotopic (exact) mass is 293 g/mol. The van der Waals surface area contributed by atoms with Crippen LogP contribution in [0.4, 0.5) is 0 Å². The molecular weight excluding hydrogens is 262 g/mol. The lowest BCUT2D eigenvalue weighted by Gasteiger charge is -2.43. The van der Waals surface area contributed by atoms with Crippen LogP contribution < -0.4 is 10.1 Å². The van der Waals surface area contributed by atoms with Crippen LogP contribution >= 0.6 is 0 Å². The zero-order valence-electron chi connectivity index (χ0n) is 14.3. The Morgan fingerprint density at radius 2 is 2.24 bits per heavy atom. The second-order valence-corrected chi connectivity index (χ2v) is 6.93. The lowest BCUT2D eigenvalue weighted by molar-refractivity contribution is 0.0966. The molecule has 0 aliphatic heterocycles. The minimum absolute atomic E-state index is 0.310. The molecule has 1 aromatic heterocycles. The molecule has 2 unspecified atom stereocenters. The molecule has 1 aliphatic rings. The Morgan fingerprint density at radius 1 is 1.48 bits per heavy atom. The summed E-state index contributed by atoms with van der Waals surface area (Å²) in [6, 6.07) is 0.310. The van der Waals surface area contributed by atoms with Crippen LogP contribution in [-0.4, -0.2) is 23.9 Å². The Hall–Kier alpha value is -1.03. The fourth-order valence-corrected chi connectivity index (χ4v) is 3.91. The Balaban J connectivity index is 2.38. The average Bonchev–Trinajstić information content (AvgIpc) is 2.85. The minimum Gasteiger partial charge on any atom is -0.493 e. The smallest absolute Gasteiger partial charge is 0.161 e. The van der Waals surface area contributed by atoms with Gasteiger partial charge in [0, 0.05) is 6.54 Å². The average molecular weight is 293 g/mol. The van der Waals surface area contributed by atoms with E-state index in [-0.39, 0.29) is 0 Å². The van der Waals surface area contributed by atoms with Gasteiger partial charge in [-0.05, 0) is 37.6 Å².